The molecule has 0 spiro atoms. The van der Waals surface area contributed by atoms with Crippen molar-refractivity contribution in [1.82, 2.24) is 4.90 Å². The molecule has 0 unspecified atom stereocenters. The molecule has 3 aromatic rings. The van der Waals surface area contributed by atoms with Crippen LogP contribution in [0.15, 0.2) is 60.7 Å². The molecule has 0 amide bonds. The number of nitrogens with zero attached hydrogens (tertiary/aromatic N) is 1. The lowest BCUT2D eigenvalue weighted by Crippen LogP contribution is -2.36. The van der Waals surface area contributed by atoms with Crippen LogP contribution in [0.1, 0.15) is 28.8 Å². The van der Waals surface area contributed by atoms with Crippen LogP contribution in [-0.4, -0.2) is 23.8 Å². The van der Waals surface area contributed by atoms with Gasteiger partial charge in [0.25, 0.3) is 0 Å². The van der Waals surface area contributed by atoms with Crippen molar-refractivity contribution in [2.24, 2.45) is 5.92 Å². The summed E-state index contributed by atoms with van der Waals surface area (Å²) in [7, 11) is 0. The quantitative estimate of drug-likeness (QED) is 0.591. The molecule has 0 aromatic heterocycles. The van der Waals surface area contributed by atoms with E-state index in [1.54, 1.807) is 0 Å². The van der Waals surface area contributed by atoms with E-state index < -0.39 is 11.6 Å². The fraction of sp³-hybridized carbons (Fsp3) is 0.261. The zero-order chi connectivity index (χ0) is 18.8. The van der Waals surface area contributed by atoms with Gasteiger partial charge in [-0.3, -0.25) is 9.69 Å². The predicted octanol–water partition coefficient (Wildman–Crippen LogP) is 5.21. The molecule has 0 aliphatic carbocycles. The summed E-state index contributed by atoms with van der Waals surface area (Å²) in [4.78, 5) is 14.9. The van der Waals surface area contributed by atoms with E-state index in [0.717, 1.165) is 44.6 Å². The highest BCUT2D eigenvalue weighted by Gasteiger charge is 2.26. The smallest absolute Gasteiger partial charge is 0.166 e. The molecule has 1 fully saturated rings. The number of hydrogen-bond donors (Lipinski definition) is 0. The summed E-state index contributed by atoms with van der Waals surface area (Å²) in [6, 6.07) is 18.2. The number of likely N-dealkylation sites (tertiary alicyclic amines) is 1. The van der Waals surface area contributed by atoms with E-state index in [9.17, 15) is 13.6 Å². The molecule has 27 heavy (non-hydrogen) atoms. The SMILES string of the molecule is O=C(c1ccc(F)c(F)c1)C1CCN(Cc2ccc3ccccc3c2)CC1. The molecule has 0 radical (unpaired) electrons. The number of ketones is 1. The Hall–Kier alpha value is -2.59. The summed E-state index contributed by atoms with van der Waals surface area (Å²) in [5.41, 5.74) is 1.53. The van der Waals surface area contributed by atoms with Crippen LogP contribution in [0.3, 0.4) is 0 Å². The van der Waals surface area contributed by atoms with Gasteiger partial charge in [0, 0.05) is 18.0 Å². The highest BCUT2D eigenvalue weighted by Crippen LogP contribution is 2.24. The standard InChI is InChI=1S/C23H21F2NO/c24-21-8-7-20(14-22(21)25)23(27)18-9-11-26(12-10-18)15-16-5-6-17-3-1-2-4-19(17)13-16/h1-8,13-14,18H,9-12,15H2. The maximum Gasteiger partial charge on any atom is 0.166 e. The third-order valence-electron chi connectivity index (χ3n) is 5.38. The maximum absolute atomic E-state index is 13.4. The summed E-state index contributed by atoms with van der Waals surface area (Å²) in [6.45, 7) is 2.51. The van der Waals surface area contributed by atoms with Gasteiger partial charge in [-0.2, -0.15) is 0 Å². The number of hydrogen-bond acceptors (Lipinski definition) is 2. The monoisotopic (exact) mass is 365 g/mol. The Kier molecular flexibility index (Phi) is 4.99. The van der Waals surface area contributed by atoms with Gasteiger partial charge in [0.2, 0.25) is 0 Å². The van der Waals surface area contributed by atoms with Crippen LogP contribution in [0.5, 0.6) is 0 Å². The molecule has 0 atom stereocenters. The van der Waals surface area contributed by atoms with E-state index >= 15 is 0 Å². The number of carbonyl (C=O) groups excluding carboxylic acids is 1. The summed E-state index contributed by atoms with van der Waals surface area (Å²) in [6.07, 6.45) is 1.48. The van der Waals surface area contributed by atoms with Crippen LogP contribution in [0.4, 0.5) is 8.78 Å². The van der Waals surface area contributed by atoms with Crippen LogP contribution in [0, 0.1) is 17.6 Å². The zero-order valence-electron chi connectivity index (χ0n) is 15.0. The minimum Gasteiger partial charge on any atom is -0.299 e. The molecular weight excluding hydrogens is 344 g/mol. The lowest BCUT2D eigenvalue weighted by molar-refractivity contribution is 0.0834. The highest BCUT2D eigenvalue weighted by molar-refractivity contribution is 5.97. The largest absolute Gasteiger partial charge is 0.299 e. The normalized spacial score (nSPS) is 15.9. The number of halogens is 2. The molecule has 0 bridgehead atoms. The third-order valence-corrected chi connectivity index (χ3v) is 5.38. The highest BCUT2D eigenvalue weighted by atomic mass is 19.2. The topological polar surface area (TPSA) is 20.3 Å². The van der Waals surface area contributed by atoms with Crippen molar-refractivity contribution < 1.29 is 13.6 Å². The zero-order valence-corrected chi connectivity index (χ0v) is 15.0. The van der Waals surface area contributed by atoms with Gasteiger partial charge in [0.05, 0.1) is 0 Å². The van der Waals surface area contributed by atoms with Crippen molar-refractivity contribution in [2.45, 2.75) is 19.4 Å². The van der Waals surface area contributed by atoms with Crippen LogP contribution >= 0.6 is 0 Å². The van der Waals surface area contributed by atoms with Crippen molar-refractivity contribution in [3.8, 4) is 0 Å². The summed E-state index contributed by atoms with van der Waals surface area (Å²) < 4.78 is 26.5. The second kappa shape index (κ2) is 7.57. The van der Waals surface area contributed by atoms with Crippen molar-refractivity contribution >= 4 is 16.6 Å². The van der Waals surface area contributed by atoms with Crippen LogP contribution < -0.4 is 0 Å². The minimum atomic E-state index is -0.963. The summed E-state index contributed by atoms with van der Waals surface area (Å²) >= 11 is 0. The molecule has 1 aliphatic heterocycles. The van der Waals surface area contributed by atoms with E-state index in [4.69, 9.17) is 0 Å². The molecule has 2 nitrogen and oxygen atoms in total. The first-order valence-electron chi connectivity index (χ1n) is 9.29. The van der Waals surface area contributed by atoms with Crippen LogP contribution in [0.2, 0.25) is 0 Å². The Morgan fingerprint density at radius 1 is 0.889 bits per heavy atom. The van der Waals surface area contributed by atoms with Crippen molar-refractivity contribution in [3.63, 3.8) is 0 Å². The predicted molar refractivity (Wildman–Crippen MR) is 103 cm³/mol. The van der Waals surface area contributed by atoms with Gasteiger partial charge in [0.15, 0.2) is 17.4 Å². The van der Waals surface area contributed by atoms with E-state index in [1.807, 2.05) is 12.1 Å². The number of benzene rings is 3. The summed E-state index contributed by atoms with van der Waals surface area (Å²) in [5.74, 6) is -2.09. The van der Waals surface area contributed by atoms with Crippen LogP contribution in [-0.2, 0) is 6.54 Å². The molecule has 138 valence electrons. The molecule has 4 heteroatoms. The summed E-state index contributed by atoms with van der Waals surface area (Å²) in [5, 5.41) is 2.47. The molecule has 1 heterocycles. The fourth-order valence-corrected chi connectivity index (χ4v) is 3.83. The number of fused-ring (bicyclic) bond motifs is 1. The van der Waals surface area contributed by atoms with E-state index in [-0.39, 0.29) is 17.3 Å². The molecule has 0 N–H and O–H groups in total. The van der Waals surface area contributed by atoms with Crippen molar-refractivity contribution in [1.29, 1.82) is 0 Å². The van der Waals surface area contributed by atoms with Gasteiger partial charge < -0.3 is 0 Å². The van der Waals surface area contributed by atoms with Gasteiger partial charge in [-0.25, -0.2) is 8.78 Å². The first-order chi connectivity index (χ1) is 13.1. The molecule has 1 aliphatic rings. The second-order valence-corrected chi connectivity index (χ2v) is 7.23. The molecule has 4 rings (SSSR count). The lowest BCUT2D eigenvalue weighted by atomic mass is 9.88. The van der Waals surface area contributed by atoms with Crippen LogP contribution in [0.25, 0.3) is 10.8 Å². The van der Waals surface area contributed by atoms with Gasteiger partial charge in [-0.15, -0.1) is 0 Å². The number of Topliss-reactive ketones (excluding diaryl/α,β-unsaturated/α-hetero) is 1. The van der Waals surface area contributed by atoms with Crippen molar-refractivity contribution in [2.75, 3.05) is 13.1 Å². The fourth-order valence-electron chi connectivity index (χ4n) is 3.83. The number of carbonyl (C=O) groups is 1. The minimum absolute atomic E-state index is 0.0840. The third kappa shape index (κ3) is 3.91. The average Bonchev–Trinajstić information content (AvgIpc) is 2.70. The number of piperidine rings is 1. The molecular formula is C23H21F2NO. The maximum atomic E-state index is 13.4. The van der Waals surface area contributed by atoms with Gasteiger partial charge in [-0.05, 0) is 66.5 Å². The first kappa shape index (κ1) is 17.8. The number of rotatable bonds is 4. The Morgan fingerprint density at radius 2 is 1.63 bits per heavy atom. The molecule has 0 saturated carbocycles. The van der Waals surface area contributed by atoms with E-state index in [1.165, 1.54) is 22.4 Å². The van der Waals surface area contributed by atoms with E-state index in [0.29, 0.717) is 0 Å². The van der Waals surface area contributed by atoms with E-state index in [2.05, 4.69) is 35.2 Å². The van der Waals surface area contributed by atoms with Crippen molar-refractivity contribution in [3.05, 3.63) is 83.4 Å². The van der Waals surface area contributed by atoms with Gasteiger partial charge in [0.1, 0.15) is 0 Å². The lowest BCUT2D eigenvalue weighted by Gasteiger charge is -2.31. The Bertz CT molecular complexity index is 977. The van der Waals surface area contributed by atoms with Gasteiger partial charge >= 0.3 is 0 Å². The second-order valence-electron chi connectivity index (χ2n) is 7.23. The molecule has 1 saturated heterocycles. The Labute approximate surface area is 157 Å². The average molecular weight is 365 g/mol. The Morgan fingerprint density at radius 3 is 2.37 bits per heavy atom. The molecule has 3 aromatic carbocycles. The van der Waals surface area contributed by atoms with Gasteiger partial charge in [-0.1, -0.05) is 36.4 Å². The Balaban J connectivity index is 1.38. The first-order valence-corrected chi connectivity index (χ1v) is 9.29.